The molecule has 5 nitrogen and oxygen atoms in total. The zero-order valence-corrected chi connectivity index (χ0v) is 11.7. The van der Waals surface area contributed by atoms with Crippen LogP contribution in [0.25, 0.3) is 0 Å². The lowest BCUT2D eigenvalue weighted by Gasteiger charge is -2.29. The highest BCUT2D eigenvalue weighted by Gasteiger charge is 2.46. The summed E-state index contributed by atoms with van der Waals surface area (Å²) in [5, 5.41) is 15.1. The maximum Gasteiger partial charge on any atom is 0.234 e. The van der Waals surface area contributed by atoms with Crippen LogP contribution in [0.5, 0.6) is 0 Å². The van der Waals surface area contributed by atoms with Gasteiger partial charge in [0.15, 0.2) is 5.84 Å². The maximum atomic E-state index is 12.6. The van der Waals surface area contributed by atoms with Crippen molar-refractivity contribution in [2.75, 3.05) is 0 Å². The van der Waals surface area contributed by atoms with Crippen LogP contribution in [-0.4, -0.2) is 23.0 Å². The second-order valence-corrected chi connectivity index (χ2v) is 6.08. The molecule has 108 valence electrons. The number of amidine groups is 1. The molecule has 0 aromatic carbocycles. The molecular weight excluding hydrogens is 242 g/mol. The lowest BCUT2D eigenvalue weighted by atomic mass is 9.83. The third-order valence-electron chi connectivity index (χ3n) is 4.96. The number of nitrogens with one attached hydrogen (secondary N) is 1. The van der Waals surface area contributed by atoms with Crippen molar-refractivity contribution < 1.29 is 10.0 Å². The molecule has 2 rings (SSSR count). The van der Waals surface area contributed by atoms with Gasteiger partial charge in [0.2, 0.25) is 5.91 Å². The Kier molecular flexibility index (Phi) is 4.32. The Balaban J connectivity index is 2.04. The predicted octanol–water partition coefficient (Wildman–Crippen LogP) is 1.99. The third kappa shape index (κ3) is 2.69. The Bertz CT molecular complexity index is 356. The van der Waals surface area contributed by atoms with Gasteiger partial charge in [-0.25, -0.2) is 0 Å². The number of carbonyl (C=O) groups excluding carboxylic acids is 1. The van der Waals surface area contributed by atoms with Crippen LogP contribution in [0, 0.1) is 11.3 Å². The molecule has 2 fully saturated rings. The Hall–Kier alpha value is -1.26. The molecule has 0 bridgehead atoms. The van der Waals surface area contributed by atoms with Gasteiger partial charge in [0, 0.05) is 6.04 Å². The molecule has 1 amide bonds. The van der Waals surface area contributed by atoms with E-state index in [1.54, 1.807) is 0 Å². The molecule has 0 radical (unpaired) electrons. The first-order valence-electron chi connectivity index (χ1n) is 7.39. The van der Waals surface area contributed by atoms with Crippen molar-refractivity contribution >= 4 is 11.7 Å². The maximum absolute atomic E-state index is 12.6. The van der Waals surface area contributed by atoms with Crippen molar-refractivity contribution in [1.82, 2.24) is 5.32 Å². The fourth-order valence-electron chi connectivity index (χ4n) is 3.59. The number of hydrogen-bond acceptors (Lipinski definition) is 3. The largest absolute Gasteiger partial charge is 0.409 e. The minimum Gasteiger partial charge on any atom is -0.409 e. The van der Waals surface area contributed by atoms with E-state index in [1.807, 2.05) is 0 Å². The van der Waals surface area contributed by atoms with Crippen LogP contribution in [0.4, 0.5) is 0 Å². The Morgan fingerprint density at radius 2 is 1.89 bits per heavy atom. The number of hydrogen-bond donors (Lipinski definition) is 3. The van der Waals surface area contributed by atoms with Gasteiger partial charge >= 0.3 is 0 Å². The average molecular weight is 267 g/mol. The Labute approximate surface area is 114 Å². The van der Waals surface area contributed by atoms with Crippen molar-refractivity contribution in [1.29, 1.82) is 0 Å². The SMILES string of the molecule is CC(NC(=O)C1(C(N)=NO)CCCC1)C1CCCC1. The summed E-state index contributed by atoms with van der Waals surface area (Å²) in [6, 6.07) is 0.180. The van der Waals surface area contributed by atoms with Gasteiger partial charge in [0.1, 0.15) is 5.41 Å². The number of nitrogens with two attached hydrogens (primary N) is 1. The van der Waals surface area contributed by atoms with E-state index < -0.39 is 5.41 Å². The summed E-state index contributed by atoms with van der Waals surface area (Å²) in [4.78, 5) is 12.6. The molecule has 5 heteroatoms. The summed E-state index contributed by atoms with van der Waals surface area (Å²) >= 11 is 0. The molecule has 2 aliphatic carbocycles. The van der Waals surface area contributed by atoms with E-state index in [0.717, 1.165) is 12.8 Å². The number of nitrogens with zero attached hydrogens (tertiary/aromatic N) is 1. The molecule has 4 N–H and O–H groups in total. The van der Waals surface area contributed by atoms with Gasteiger partial charge in [-0.05, 0) is 38.5 Å². The van der Waals surface area contributed by atoms with Gasteiger partial charge in [-0.2, -0.15) is 0 Å². The van der Waals surface area contributed by atoms with Crippen molar-refractivity contribution in [3.05, 3.63) is 0 Å². The highest BCUT2D eigenvalue weighted by Crippen LogP contribution is 2.39. The Morgan fingerprint density at radius 3 is 2.42 bits per heavy atom. The lowest BCUT2D eigenvalue weighted by molar-refractivity contribution is -0.128. The minimum atomic E-state index is -0.776. The molecule has 1 unspecified atom stereocenters. The quantitative estimate of drug-likeness (QED) is 0.315. The molecule has 19 heavy (non-hydrogen) atoms. The lowest BCUT2D eigenvalue weighted by Crippen LogP contribution is -2.51. The van der Waals surface area contributed by atoms with Gasteiger partial charge in [0.05, 0.1) is 0 Å². The molecule has 0 saturated heterocycles. The molecular formula is C14H25N3O2. The minimum absolute atomic E-state index is 0.0558. The summed E-state index contributed by atoms with van der Waals surface area (Å²) in [6.45, 7) is 2.07. The molecule has 1 atom stereocenters. The number of amides is 1. The fourth-order valence-corrected chi connectivity index (χ4v) is 3.59. The molecule has 0 aromatic heterocycles. The highest BCUT2D eigenvalue weighted by molar-refractivity contribution is 6.07. The second kappa shape index (κ2) is 5.80. The van der Waals surface area contributed by atoms with Crippen LogP contribution >= 0.6 is 0 Å². The number of carbonyl (C=O) groups is 1. The summed E-state index contributed by atoms with van der Waals surface area (Å²) in [5.74, 6) is 0.593. The average Bonchev–Trinajstić information content (AvgIpc) is 3.09. The van der Waals surface area contributed by atoms with Gasteiger partial charge in [-0.3, -0.25) is 4.79 Å². The molecule has 0 heterocycles. The van der Waals surface area contributed by atoms with Gasteiger partial charge in [-0.1, -0.05) is 30.8 Å². The van der Waals surface area contributed by atoms with Crippen LogP contribution in [0.3, 0.4) is 0 Å². The summed E-state index contributed by atoms with van der Waals surface area (Å²) in [5.41, 5.74) is 5.01. The zero-order chi connectivity index (χ0) is 13.9. The van der Waals surface area contributed by atoms with Crippen LogP contribution in [-0.2, 0) is 4.79 Å². The summed E-state index contributed by atoms with van der Waals surface area (Å²) in [7, 11) is 0. The predicted molar refractivity (Wildman–Crippen MR) is 73.9 cm³/mol. The number of rotatable bonds is 4. The fraction of sp³-hybridized carbons (Fsp3) is 0.857. The van der Waals surface area contributed by atoms with Crippen molar-refractivity contribution in [2.24, 2.45) is 22.2 Å². The first-order valence-corrected chi connectivity index (χ1v) is 7.39. The second-order valence-electron chi connectivity index (χ2n) is 6.08. The monoisotopic (exact) mass is 267 g/mol. The zero-order valence-electron chi connectivity index (χ0n) is 11.7. The normalized spacial score (nSPS) is 25.4. The first kappa shape index (κ1) is 14.2. The van der Waals surface area contributed by atoms with Crippen molar-refractivity contribution in [2.45, 2.75) is 64.3 Å². The van der Waals surface area contributed by atoms with Crippen LogP contribution in [0.2, 0.25) is 0 Å². The highest BCUT2D eigenvalue weighted by atomic mass is 16.4. The molecule has 2 aliphatic rings. The standard InChI is InChI=1S/C14H25N3O2/c1-10(11-6-2-3-7-11)16-13(18)14(12(15)17-19)8-4-5-9-14/h10-11,19H,2-9H2,1H3,(H2,15,17)(H,16,18). The van der Waals surface area contributed by atoms with E-state index in [4.69, 9.17) is 10.9 Å². The summed E-state index contributed by atoms with van der Waals surface area (Å²) < 4.78 is 0. The molecule has 0 aromatic rings. The van der Waals surface area contributed by atoms with Crippen LogP contribution in [0.15, 0.2) is 5.16 Å². The topological polar surface area (TPSA) is 87.7 Å². The van der Waals surface area contributed by atoms with Crippen molar-refractivity contribution in [3.63, 3.8) is 0 Å². The van der Waals surface area contributed by atoms with Crippen LogP contribution in [0.1, 0.15) is 58.3 Å². The van der Waals surface area contributed by atoms with E-state index >= 15 is 0 Å². The first-order chi connectivity index (χ1) is 9.10. The van der Waals surface area contributed by atoms with Gasteiger partial charge in [0.25, 0.3) is 0 Å². The van der Waals surface area contributed by atoms with E-state index in [1.165, 1.54) is 25.7 Å². The van der Waals surface area contributed by atoms with Gasteiger partial charge in [-0.15, -0.1) is 0 Å². The molecule has 0 aliphatic heterocycles. The third-order valence-corrected chi connectivity index (χ3v) is 4.96. The van der Waals surface area contributed by atoms with Crippen LogP contribution < -0.4 is 11.1 Å². The van der Waals surface area contributed by atoms with E-state index in [0.29, 0.717) is 18.8 Å². The Morgan fingerprint density at radius 1 is 1.32 bits per heavy atom. The van der Waals surface area contributed by atoms with Crippen molar-refractivity contribution in [3.8, 4) is 0 Å². The summed E-state index contributed by atoms with van der Waals surface area (Å²) in [6.07, 6.45) is 8.20. The molecule has 0 spiro atoms. The van der Waals surface area contributed by atoms with Gasteiger partial charge < -0.3 is 16.3 Å². The smallest absolute Gasteiger partial charge is 0.234 e. The van der Waals surface area contributed by atoms with E-state index in [-0.39, 0.29) is 17.8 Å². The van der Waals surface area contributed by atoms with E-state index in [2.05, 4.69) is 17.4 Å². The van der Waals surface area contributed by atoms with E-state index in [9.17, 15) is 4.79 Å². The number of oxime groups is 1. The molecule has 2 saturated carbocycles.